The molecule has 0 amide bonds. The molecule has 0 aromatic heterocycles. The van der Waals surface area contributed by atoms with E-state index in [0.717, 1.165) is 16.9 Å². The molecule has 1 aromatic carbocycles. The lowest BCUT2D eigenvalue weighted by Gasteiger charge is -2.19. The van der Waals surface area contributed by atoms with Crippen molar-refractivity contribution in [3.63, 3.8) is 0 Å². The summed E-state index contributed by atoms with van der Waals surface area (Å²) in [5.41, 5.74) is 0.445. The normalized spacial score (nSPS) is 28.1. The van der Waals surface area contributed by atoms with E-state index in [1.54, 1.807) is 0 Å². The topological polar surface area (TPSA) is 37.3 Å². The summed E-state index contributed by atoms with van der Waals surface area (Å²) in [6.45, 7) is 0. The van der Waals surface area contributed by atoms with Gasteiger partial charge in [-0.05, 0) is 24.5 Å². The van der Waals surface area contributed by atoms with Crippen LogP contribution < -0.4 is 0 Å². The zero-order valence-electron chi connectivity index (χ0n) is 6.56. The molecule has 0 saturated heterocycles. The molecule has 2 nitrogen and oxygen atoms in total. The van der Waals surface area contributed by atoms with Crippen molar-refractivity contribution in [2.24, 2.45) is 0 Å². The summed E-state index contributed by atoms with van der Waals surface area (Å²) in [6, 6.07) is 7.59. The van der Waals surface area contributed by atoms with Crippen LogP contribution in [-0.2, 0) is 17.2 Å². The molecule has 1 heterocycles. The van der Waals surface area contributed by atoms with Gasteiger partial charge in [0.05, 0.1) is 10.8 Å². The van der Waals surface area contributed by atoms with E-state index in [0.29, 0.717) is 6.42 Å². The van der Waals surface area contributed by atoms with Crippen LogP contribution in [0, 0.1) is 0 Å². The maximum Gasteiger partial charge on any atom is 0.133 e. The van der Waals surface area contributed by atoms with E-state index < -0.39 is 16.2 Å². The molecule has 1 aromatic rings. The zero-order valence-corrected chi connectivity index (χ0v) is 7.38. The summed E-state index contributed by atoms with van der Waals surface area (Å²) < 4.78 is 11.5. The van der Waals surface area contributed by atoms with Gasteiger partial charge < -0.3 is 5.11 Å². The van der Waals surface area contributed by atoms with Gasteiger partial charge in [0.15, 0.2) is 0 Å². The minimum absolute atomic E-state index is 0.615. The third kappa shape index (κ3) is 1.19. The first-order valence-electron chi connectivity index (χ1n) is 3.95. The Morgan fingerprint density at radius 1 is 1.42 bits per heavy atom. The van der Waals surface area contributed by atoms with Gasteiger partial charge in [0, 0.05) is 4.90 Å². The van der Waals surface area contributed by atoms with E-state index in [4.69, 9.17) is 0 Å². The summed E-state index contributed by atoms with van der Waals surface area (Å²) in [6.07, 6.45) is 1.45. The van der Waals surface area contributed by atoms with Crippen molar-refractivity contribution >= 4 is 10.8 Å². The number of fused-ring (bicyclic) bond motifs is 1. The van der Waals surface area contributed by atoms with Gasteiger partial charge in [-0.1, -0.05) is 18.2 Å². The standard InChI is InChI=1S/C9H10O2S/c10-9-6-5-7-3-1-2-4-8(7)12(9)11/h1-4,9-10H,5-6H2. The minimum atomic E-state index is -1.20. The van der Waals surface area contributed by atoms with Crippen LogP contribution in [0.3, 0.4) is 0 Å². The van der Waals surface area contributed by atoms with Crippen molar-refractivity contribution in [2.75, 3.05) is 0 Å². The number of aliphatic hydroxyl groups excluding tert-OH is 1. The lowest BCUT2D eigenvalue weighted by atomic mass is 10.1. The number of benzene rings is 1. The Bertz CT molecular complexity index is 322. The van der Waals surface area contributed by atoms with Crippen LogP contribution in [-0.4, -0.2) is 14.8 Å². The SMILES string of the molecule is O=S1c2ccccc2CCC1O. The summed E-state index contributed by atoms with van der Waals surface area (Å²) in [5, 5.41) is 9.32. The summed E-state index contributed by atoms with van der Waals surface area (Å²) in [4.78, 5) is 0.802. The van der Waals surface area contributed by atoms with Crippen molar-refractivity contribution in [1.29, 1.82) is 0 Å². The molecule has 0 spiro atoms. The van der Waals surface area contributed by atoms with Crippen LogP contribution in [0.5, 0.6) is 0 Å². The van der Waals surface area contributed by atoms with Crippen molar-refractivity contribution < 1.29 is 9.32 Å². The average Bonchev–Trinajstić information content (AvgIpc) is 2.12. The first-order valence-corrected chi connectivity index (χ1v) is 5.17. The van der Waals surface area contributed by atoms with Gasteiger partial charge in [-0.15, -0.1) is 0 Å². The number of aryl methyl sites for hydroxylation is 1. The van der Waals surface area contributed by atoms with E-state index in [2.05, 4.69) is 0 Å². The smallest absolute Gasteiger partial charge is 0.133 e. The predicted molar refractivity (Wildman–Crippen MR) is 47.2 cm³/mol. The molecule has 1 N–H and O–H groups in total. The summed E-state index contributed by atoms with van der Waals surface area (Å²) in [5.74, 6) is 0. The second-order valence-corrected chi connectivity index (χ2v) is 4.48. The van der Waals surface area contributed by atoms with E-state index in [-0.39, 0.29) is 0 Å². The molecule has 2 unspecified atom stereocenters. The molecule has 0 saturated carbocycles. The van der Waals surface area contributed by atoms with Gasteiger partial charge >= 0.3 is 0 Å². The van der Waals surface area contributed by atoms with Crippen LogP contribution in [0.25, 0.3) is 0 Å². The number of aliphatic hydroxyl groups is 1. The Kier molecular flexibility index (Phi) is 1.98. The highest BCUT2D eigenvalue weighted by atomic mass is 32.2. The maximum absolute atomic E-state index is 11.5. The fourth-order valence-electron chi connectivity index (χ4n) is 1.44. The lowest BCUT2D eigenvalue weighted by Crippen LogP contribution is -2.21. The van der Waals surface area contributed by atoms with Crippen LogP contribution in [0.15, 0.2) is 29.2 Å². The molecular formula is C9H10O2S. The van der Waals surface area contributed by atoms with E-state index in [9.17, 15) is 9.32 Å². The maximum atomic E-state index is 11.5. The molecule has 2 atom stereocenters. The Labute approximate surface area is 73.7 Å². The molecule has 0 radical (unpaired) electrons. The molecular weight excluding hydrogens is 172 g/mol. The van der Waals surface area contributed by atoms with Crippen LogP contribution in [0.4, 0.5) is 0 Å². The second-order valence-electron chi connectivity index (χ2n) is 2.90. The molecule has 3 heteroatoms. The first-order chi connectivity index (χ1) is 5.79. The Balaban J connectivity index is 2.49. The predicted octanol–water partition coefficient (Wildman–Crippen LogP) is 1.06. The number of hydrogen-bond donors (Lipinski definition) is 1. The highest BCUT2D eigenvalue weighted by Gasteiger charge is 2.22. The molecule has 1 aliphatic rings. The Morgan fingerprint density at radius 2 is 2.17 bits per heavy atom. The largest absolute Gasteiger partial charge is 0.379 e. The lowest BCUT2D eigenvalue weighted by molar-refractivity contribution is 0.242. The number of hydrogen-bond acceptors (Lipinski definition) is 2. The quantitative estimate of drug-likeness (QED) is 0.651. The second kappa shape index (κ2) is 2.99. The zero-order chi connectivity index (χ0) is 8.55. The van der Waals surface area contributed by atoms with E-state index in [1.165, 1.54) is 0 Å². The van der Waals surface area contributed by atoms with E-state index in [1.807, 2.05) is 24.3 Å². The van der Waals surface area contributed by atoms with Crippen LogP contribution in [0.1, 0.15) is 12.0 Å². The highest BCUT2D eigenvalue weighted by molar-refractivity contribution is 7.85. The fraction of sp³-hybridized carbons (Fsp3) is 0.333. The van der Waals surface area contributed by atoms with Crippen molar-refractivity contribution in [3.05, 3.63) is 29.8 Å². The van der Waals surface area contributed by atoms with Gasteiger partial charge in [0.1, 0.15) is 5.44 Å². The third-order valence-corrected chi connectivity index (χ3v) is 3.66. The molecule has 2 rings (SSSR count). The average molecular weight is 182 g/mol. The van der Waals surface area contributed by atoms with Gasteiger partial charge in [0.2, 0.25) is 0 Å². The summed E-state index contributed by atoms with van der Waals surface area (Å²) >= 11 is 0. The van der Waals surface area contributed by atoms with Gasteiger partial charge in [-0.25, -0.2) is 0 Å². The molecule has 12 heavy (non-hydrogen) atoms. The van der Waals surface area contributed by atoms with Crippen LogP contribution >= 0.6 is 0 Å². The number of rotatable bonds is 0. The van der Waals surface area contributed by atoms with Gasteiger partial charge in [0.25, 0.3) is 0 Å². The van der Waals surface area contributed by atoms with Crippen molar-refractivity contribution in [3.8, 4) is 0 Å². The first kappa shape index (κ1) is 7.95. The molecule has 0 fully saturated rings. The molecule has 0 bridgehead atoms. The molecule has 1 aliphatic heterocycles. The van der Waals surface area contributed by atoms with E-state index >= 15 is 0 Å². The highest BCUT2D eigenvalue weighted by Crippen LogP contribution is 2.24. The van der Waals surface area contributed by atoms with Gasteiger partial charge in [-0.2, -0.15) is 0 Å². The Morgan fingerprint density at radius 3 is 3.00 bits per heavy atom. The monoisotopic (exact) mass is 182 g/mol. The minimum Gasteiger partial charge on any atom is -0.379 e. The molecule has 0 aliphatic carbocycles. The van der Waals surface area contributed by atoms with Crippen molar-refractivity contribution in [2.45, 2.75) is 23.2 Å². The Hall–Kier alpha value is -0.670. The van der Waals surface area contributed by atoms with Gasteiger partial charge in [-0.3, -0.25) is 4.21 Å². The third-order valence-electron chi connectivity index (χ3n) is 2.10. The van der Waals surface area contributed by atoms with Crippen LogP contribution in [0.2, 0.25) is 0 Å². The fourth-order valence-corrected chi connectivity index (χ4v) is 2.71. The van der Waals surface area contributed by atoms with Crippen molar-refractivity contribution in [1.82, 2.24) is 0 Å². The molecule has 64 valence electrons. The summed E-state index contributed by atoms with van der Waals surface area (Å²) in [7, 11) is -1.20.